The monoisotopic (exact) mass is 175 g/mol. The Bertz CT molecular complexity index is 232. The minimum absolute atomic E-state index is 0.711. The Balaban J connectivity index is 4.35. The first-order chi connectivity index (χ1) is 5.27. The molecule has 0 fully saturated rings. The molecule has 0 aromatic carbocycles. The summed E-state index contributed by atoms with van der Waals surface area (Å²) < 4.78 is 0. The first-order valence-corrected chi connectivity index (χ1v) is 3.06. The third-order valence-corrected chi connectivity index (χ3v) is 1.25. The number of hydrogen-bond donors (Lipinski definition) is 3. The van der Waals surface area contributed by atoms with Gasteiger partial charge in [-0.3, -0.25) is 9.59 Å². The highest BCUT2D eigenvalue weighted by atomic mass is 16.4. The molecule has 6 nitrogen and oxygen atoms in total. The highest BCUT2D eigenvalue weighted by molar-refractivity contribution is 6.33. The van der Waals surface area contributed by atoms with E-state index in [1.165, 1.54) is 0 Å². The van der Waals surface area contributed by atoms with E-state index in [2.05, 4.69) is 0 Å². The van der Waals surface area contributed by atoms with Crippen LogP contribution in [0.4, 0.5) is 0 Å². The molecule has 12 heavy (non-hydrogen) atoms. The zero-order valence-electron chi connectivity index (χ0n) is 6.40. The lowest BCUT2D eigenvalue weighted by molar-refractivity contribution is -0.152. The van der Waals surface area contributed by atoms with E-state index in [1.807, 2.05) is 0 Å². The third-order valence-electron chi connectivity index (χ3n) is 1.25. The fraction of sp³-hybridized carbons (Fsp3) is 0.500. The average Bonchev–Trinajstić information content (AvgIpc) is 1.85. The average molecular weight is 175 g/mol. The Morgan fingerprint density at radius 2 is 1.75 bits per heavy atom. The Kier molecular flexibility index (Phi) is 2.92. The molecule has 0 saturated carbocycles. The molecule has 1 atom stereocenters. The summed E-state index contributed by atoms with van der Waals surface area (Å²) in [5, 5.41) is 16.5. The summed E-state index contributed by atoms with van der Waals surface area (Å²) in [6, 6.07) is 0. The van der Waals surface area contributed by atoms with Gasteiger partial charge in [0.2, 0.25) is 5.78 Å². The van der Waals surface area contributed by atoms with Crippen molar-refractivity contribution in [3.63, 3.8) is 0 Å². The van der Waals surface area contributed by atoms with Crippen molar-refractivity contribution in [3.05, 3.63) is 0 Å². The van der Waals surface area contributed by atoms with Gasteiger partial charge in [-0.1, -0.05) is 0 Å². The minimum Gasteiger partial charge on any atom is -0.480 e. The summed E-state index contributed by atoms with van der Waals surface area (Å²) in [6.07, 6.45) is -0.711. The normalized spacial score (nSPS) is 14.8. The summed E-state index contributed by atoms with van der Waals surface area (Å²) in [5.41, 5.74) is 3.30. The molecule has 0 bridgehead atoms. The van der Waals surface area contributed by atoms with Crippen molar-refractivity contribution in [2.24, 2.45) is 5.73 Å². The van der Waals surface area contributed by atoms with Crippen LogP contribution in [0, 0.1) is 0 Å². The van der Waals surface area contributed by atoms with E-state index in [-0.39, 0.29) is 0 Å². The summed E-state index contributed by atoms with van der Waals surface area (Å²) in [7, 11) is 0. The van der Waals surface area contributed by atoms with Gasteiger partial charge in [0, 0.05) is 6.42 Å². The van der Waals surface area contributed by atoms with Crippen LogP contribution < -0.4 is 5.73 Å². The smallest absolute Gasteiger partial charge is 0.372 e. The molecule has 4 N–H and O–H groups in total. The Morgan fingerprint density at radius 1 is 1.33 bits per heavy atom. The van der Waals surface area contributed by atoms with Crippen LogP contribution in [0.5, 0.6) is 0 Å². The number of carbonyl (C=O) groups is 3. The largest absolute Gasteiger partial charge is 0.480 e. The number of carboxylic acid groups (broad SMARTS) is 2. The molecule has 0 aromatic heterocycles. The van der Waals surface area contributed by atoms with E-state index >= 15 is 0 Å². The molecule has 0 saturated heterocycles. The fourth-order valence-corrected chi connectivity index (χ4v) is 0.485. The molecular weight excluding hydrogens is 166 g/mol. The van der Waals surface area contributed by atoms with Crippen LogP contribution >= 0.6 is 0 Å². The van der Waals surface area contributed by atoms with Crippen LogP contribution in [-0.4, -0.2) is 33.5 Å². The standard InChI is InChI=1S/C6H9NO5/c1-6(7,5(11)12)2-3(8)4(9)10/h2,7H2,1H3,(H,9,10)(H,11,12). The molecule has 0 radical (unpaired) electrons. The van der Waals surface area contributed by atoms with Gasteiger partial charge in [-0.05, 0) is 6.92 Å². The molecule has 1 unspecified atom stereocenters. The maximum absolute atomic E-state index is 10.5. The number of rotatable bonds is 4. The summed E-state index contributed by atoms with van der Waals surface area (Å²) >= 11 is 0. The highest BCUT2D eigenvalue weighted by Gasteiger charge is 2.33. The van der Waals surface area contributed by atoms with Gasteiger partial charge in [-0.25, -0.2) is 4.79 Å². The second-order valence-electron chi connectivity index (χ2n) is 2.63. The van der Waals surface area contributed by atoms with Crippen LogP contribution in [-0.2, 0) is 14.4 Å². The van der Waals surface area contributed by atoms with E-state index in [1.54, 1.807) is 0 Å². The lowest BCUT2D eigenvalue weighted by Crippen LogP contribution is -2.47. The van der Waals surface area contributed by atoms with Gasteiger partial charge in [0.1, 0.15) is 5.54 Å². The lowest BCUT2D eigenvalue weighted by atomic mass is 9.97. The van der Waals surface area contributed by atoms with Gasteiger partial charge in [0.25, 0.3) is 0 Å². The first kappa shape index (κ1) is 10.6. The second kappa shape index (κ2) is 3.31. The van der Waals surface area contributed by atoms with Crippen molar-refractivity contribution in [1.82, 2.24) is 0 Å². The Labute approximate surface area is 68.0 Å². The van der Waals surface area contributed by atoms with Crippen molar-refractivity contribution >= 4 is 17.7 Å². The summed E-state index contributed by atoms with van der Waals surface area (Å²) in [5.74, 6) is -4.28. The van der Waals surface area contributed by atoms with Crippen LogP contribution in [0.1, 0.15) is 13.3 Å². The molecule has 0 aliphatic rings. The molecular formula is C6H9NO5. The molecule has 0 aromatic rings. The molecule has 0 aliphatic heterocycles. The zero-order valence-corrected chi connectivity index (χ0v) is 6.40. The van der Waals surface area contributed by atoms with Gasteiger partial charge < -0.3 is 15.9 Å². The van der Waals surface area contributed by atoms with Crippen molar-refractivity contribution in [2.45, 2.75) is 18.9 Å². The van der Waals surface area contributed by atoms with E-state index in [0.29, 0.717) is 0 Å². The van der Waals surface area contributed by atoms with Crippen LogP contribution in [0.25, 0.3) is 0 Å². The molecule has 0 spiro atoms. The highest BCUT2D eigenvalue weighted by Crippen LogP contribution is 2.05. The summed E-state index contributed by atoms with van der Waals surface area (Å²) in [6.45, 7) is 1.08. The SMILES string of the molecule is CC(N)(CC(=O)C(=O)O)C(=O)O. The number of Topliss-reactive ketones (excluding diaryl/α,β-unsaturated/α-hetero) is 1. The Morgan fingerprint density at radius 3 is 2.00 bits per heavy atom. The maximum atomic E-state index is 10.5. The fourth-order valence-electron chi connectivity index (χ4n) is 0.485. The number of ketones is 1. The van der Waals surface area contributed by atoms with Crippen LogP contribution in [0.3, 0.4) is 0 Å². The van der Waals surface area contributed by atoms with Gasteiger partial charge in [0.05, 0.1) is 0 Å². The zero-order chi connectivity index (χ0) is 9.94. The van der Waals surface area contributed by atoms with Gasteiger partial charge in [0.15, 0.2) is 0 Å². The van der Waals surface area contributed by atoms with Crippen molar-refractivity contribution < 1.29 is 24.6 Å². The second-order valence-corrected chi connectivity index (χ2v) is 2.63. The predicted molar refractivity (Wildman–Crippen MR) is 37.5 cm³/mol. The molecule has 68 valence electrons. The quantitative estimate of drug-likeness (QED) is 0.463. The first-order valence-electron chi connectivity index (χ1n) is 3.06. The number of carbonyl (C=O) groups excluding carboxylic acids is 1. The lowest BCUT2D eigenvalue weighted by Gasteiger charge is -2.16. The van der Waals surface area contributed by atoms with Crippen molar-refractivity contribution in [1.29, 1.82) is 0 Å². The predicted octanol–water partition coefficient (Wildman–Crippen LogP) is -1.17. The molecule has 6 heteroatoms. The topological polar surface area (TPSA) is 118 Å². The van der Waals surface area contributed by atoms with E-state index in [0.717, 1.165) is 6.92 Å². The maximum Gasteiger partial charge on any atom is 0.372 e. The van der Waals surface area contributed by atoms with E-state index < -0.39 is 29.7 Å². The Hall–Kier alpha value is -1.43. The van der Waals surface area contributed by atoms with Crippen LogP contribution in [0.2, 0.25) is 0 Å². The number of nitrogens with two attached hydrogens (primary N) is 1. The molecule has 0 aliphatic carbocycles. The van der Waals surface area contributed by atoms with Gasteiger partial charge in [-0.15, -0.1) is 0 Å². The summed E-state index contributed by atoms with van der Waals surface area (Å²) in [4.78, 5) is 30.8. The number of aliphatic carboxylic acids is 2. The van der Waals surface area contributed by atoms with Crippen molar-refractivity contribution in [3.8, 4) is 0 Å². The van der Waals surface area contributed by atoms with E-state index in [9.17, 15) is 14.4 Å². The molecule has 0 heterocycles. The minimum atomic E-state index is -1.81. The van der Waals surface area contributed by atoms with Gasteiger partial charge in [-0.2, -0.15) is 0 Å². The van der Waals surface area contributed by atoms with Crippen LogP contribution in [0.15, 0.2) is 0 Å². The molecule has 0 amide bonds. The number of hydrogen-bond acceptors (Lipinski definition) is 4. The van der Waals surface area contributed by atoms with Crippen molar-refractivity contribution in [2.75, 3.05) is 0 Å². The number of carboxylic acids is 2. The van der Waals surface area contributed by atoms with E-state index in [4.69, 9.17) is 15.9 Å². The van der Waals surface area contributed by atoms with Gasteiger partial charge >= 0.3 is 11.9 Å². The molecule has 0 rings (SSSR count). The third kappa shape index (κ3) is 2.67.